The van der Waals surface area contributed by atoms with Gasteiger partial charge in [-0.1, -0.05) is 48.9 Å². The molecule has 0 bridgehead atoms. The van der Waals surface area contributed by atoms with Crippen molar-refractivity contribution in [2.45, 2.75) is 52.7 Å². The Morgan fingerprint density at radius 3 is 2.66 bits per heavy atom. The Morgan fingerprint density at radius 2 is 1.91 bits per heavy atom. The summed E-state index contributed by atoms with van der Waals surface area (Å²) in [4.78, 5) is 38.8. The maximum Gasteiger partial charge on any atom is 0.352 e. The second-order valence-electron chi connectivity index (χ2n) is 8.17. The molecule has 2 aromatic heterocycles. The summed E-state index contributed by atoms with van der Waals surface area (Å²) in [6.07, 6.45) is 0.946. The lowest BCUT2D eigenvalue weighted by atomic mass is 10.1. The SMILES string of the molecule is CCC(C)NC(=O)CCn1c(=O)c2ccccc2n2c(=O)n(Cc3cccc(C)c3)nc12. The zero-order valence-electron chi connectivity index (χ0n) is 18.5. The Morgan fingerprint density at radius 1 is 1.12 bits per heavy atom. The fourth-order valence-corrected chi connectivity index (χ4v) is 3.82. The van der Waals surface area contributed by atoms with Crippen LogP contribution < -0.4 is 16.6 Å². The van der Waals surface area contributed by atoms with Crippen LogP contribution in [0.1, 0.15) is 37.8 Å². The standard InChI is InChI=1S/C24H27N5O3/c1-4-17(3)25-21(30)12-13-27-22(31)19-10-5-6-11-20(19)29-23(27)26-28(24(29)32)15-18-9-7-8-16(2)14-18/h5-11,14,17H,4,12-13,15H2,1-3H3,(H,25,30). The lowest BCUT2D eigenvalue weighted by Crippen LogP contribution is -2.34. The number of aryl methyl sites for hydroxylation is 2. The molecule has 8 nitrogen and oxygen atoms in total. The van der Waals surface area contributed by atoms with Gasteiger partial charge in [-0.3, -0.25) is 14.2 Å². The lowest BCUT2D eigenvalue weighted by Gasteiger charge is -2.12. The van der Waals surface area contributed by atoms with E-state index in [-0.39, 0.29) is 41.9 Å². The monoisotopic (exact) mass is 433 g/mol. The van der Waals surface area contributed by atoms with Gasteiger partial charge in [0.25, 0.3) is 5.56 Å². The molecule has 0 aliphatic rings. The van der Waals surface area contributed by atoms with Gasteiger partial charge in [-0.2, -0.15) is 0 Å². The van der Waals surface area contributed by atoms with E-state index in [0.29, 0.717) is 17.4 Å². The van der Waals surface area contributed by atoms with E-state index in [9.17, 15) is 14.4 Å². The molecule has 1 N–H and O–H groups in total. The minimum Gasteiger partial charge on any atom is -0.354 e. The van der Waals surface area contributed by atoms with Gasteiger partial charge in [0, 0.05) is 19.0 Å². The van der Waals surface area contributed by atoms with E-state index in [1.165, 1.54) is 13.6 Å². The van der Waals surface area contributed by atoms with Crippen molar-refractivity contribution in [2.24, 2.45) is 0 Å². The Kier molecular flexibility index (Phi) is 5.94. The third kappa shape index (κ3) is 4.08. The highest BCUT2D eigenvalue weighted by molar-refractivity contribution is 5.80. The molecule has 2 heterocycles. The number of para-hydroxylation sites is 1. The van der Waals surface area contributed by atoms with Crippen molar-refractivity contribution in [3.8, 4) is 0 Å². The first kappa shape index (κ1) is 21.5. The summed E-state index contributed by atoms with van der Waals surface area (Å²) < 4.78 is 4.25. The van der Waals surface area contributed by atoms with Crippen molar-refractivity contribution in [3.63, 3.8) is 0 Å². The van der Waals surface area contributed by atoms with E-state index in [2.05, 4.69) is 10.4 Å². The molecule has 0 fully saturated rings. The summed E-state index contributed by atoms with van der Waals surface area (Å²) in [5, 5.41) is 7.83. The highest BCUT2D eigenvalue weighted by Gasteiger charge is 2.18. The normalized spacial score (nSPS) is 12.3. The Hall–Kier alpha value is -3.68. The van der Waals surface area contributed by atoms with Crippen LogP contribution in [0.5, 0.6) is 0 Å². The molecule has 4 aromatic rings. The predicted molar refractivity (Wildman–Crippen MR) is 124 cm³/mol. The average molecular weight is 434 g/mol. The van der Waals surface area contributed by atoms with Crippen LogP contribution in [0.15, 0.2) is 58.1 Å². The van der Waals surface area contributed by atoms with E-state index in [4.69, 9.17) is 0 Å². The number of carbonyl (C=O) groups excluding carboxylic acids is 1. The molecule has 166 valence electrons. The number of benzene rings is 2. The number of hydrogen-bond acceptors (Lipinski definition) is 4. The van der Waals surface area contributed by atoms with Crippen molar-refractivity contribution in [1.82, 2.24) is 24.1 Å². The van der Waals surface area contributed by atoms with Crippen LogP contribution in [0, 0.1) is 6.92 Å². The van der Waals surface area contributed by atoms with Gasteiger partial charge in [-0.25, -0.2) is 13.9 Å². The molecule has 4 rings (SSSR count). The van der Waals surface area contributed by atoms with E-state index < -0.39 is 0 Å². The Labute approximate surface area is 185 Å². The maximum absolute atomic E-state index is 13.3. The first-order chi connectivity index (χ1) is 15.4. The maximum atomic E-state index is 13.3. The summed E-state index contributed by atoms with van der Waals surface area (Å²) in [5.74, 6) is 0.0989. The number of amides is 1. The summed E-state index contributed by atoms with van der Waals surface area (Å²) in [7, 11) is 0. The molecule has 32 heavy (non-hydrogen) atoms. The molecule has 0 saturated carbocycles. The minimum absolute atomic E-state index is 0.0620. The number of rotatable bonds is 7. The smallest absolute Gasteiger partial charge is 0.352 e. The highest BCUT2D eigenvalue weighted by Crippen LogP contribution is 2.12. The van der Waals surface area contributed by atoms with E-state index in [1.807, 2.05) is 45.0 Å². The summed E-state index contributed by atoms with van der Waals surface area (Å²) >= 11 is 0. The molecule has 0 spiro atoms. The molecule has 0 radical (unpaired) electrons. The second kappa shape index (κ2) is 8.82. The number of nitrogens with zero attached hydrogens (tertiary/aromatic N) is 4. The molecular formula is C24H27N5O3. The summed E-state index contributed by atoms with van der Waals surface area (Å²) in [5.41, 5.74) is 1.96. The fourth-order valence-electron chi connectivity index (χ4n) is 3.82. The molecule has 0 aliphatic carbocycles. The van der Waals surface area contributed by atoms with Crippen LogP contribution >= 0.6 is 0 Å². The predicted octanol–water partition coefficient (Wildman–Crippen LogP) is 2.47. The zero-order chi connectivity index (χ0) is 22.8. The van der Waals surface area contributed by atoms with E-state index in [1.54, 1.807) is 24.3 Å². The van der Waals surface area contributed by atoms with Crippen LogP contribution in [0.25, 0.3) is 16.7 Å². The van der Waals surface area contributed by atoms with Crippen molar-refractivity contribution in [1.29, 1.82) is 0 Å². The van der Waals surface area contributed by atoms with Gasteiger partial charge in [0.15, 0.2) is 0 Å². The molecule has 1 amide bonds. The highest BCUT2D eigenvalue weighted by atomic mass is 16.2. The van der Waals surface area contributed by atoms with Crippen LogP contribution in [0.3, 0.4) is 0 Å². The van der Waals surface area contributed by atoms with Gasteiger partial charge in [-0.15, -0.1) is 5.10 Å². The Bertz CT molecular complexity index is 1410. The van der Waals surface area contributed by atoms with Gasteiger partial charge < -0.3 is 5.32 Å². The second-order valence-corrected chi connectivity index (χ2v) is 8.17. The van der Waals surface area contributed by atoms with Gasteiger partial charge in [0.2, 0.25) is 11.7 Å². The largest absolute Gasteiger partial charge is 0.354 e. The topological polar surface area (TPSA) is 90.4 Å². The quantitative estimate of drug-likeness (QED) is 0.485. The number of fused-ring (bicyclic) bond motifs is 3. The number of carbonyl (C=O) groups is 1. The van der Waals surface area contributed by atoms with Crippen molar-refractivity contribution < 1.29 is 4.79 Å². The van der Waals surface area contributed by atoms with Gasteiger partial charge >= 0.3 is 5.69 Å². The van der Waals surface area contributed by atoms with Gasteiger partial charge in [-0.05, 0) is 38.0 Å². The number of nitrogens with one attached hydrogen (secondary N) is 1. The number of hydrogen-bond donors (Lipinski definition) is 1. The third-order valence-electron chi connectivity index (χ3n) is 5.68. The fraction of sp³-hybridized carbons (Fsp3) is 0.333. The zero-order valence-corrected chi connectivity index (χ0v) is 18.5. The summed E-state index contributed by atoms with van der Waals surface area (Å²) in [6, 6.07) is 14.9. The summed E-state index contributed by atoms with van der Waals surface area (Å²) in [6.45, 7) is 6.35. The molecular weight excluding hydrogens is 406 g/mol. The first-order valence-electron chi connectivity index (χ1n) is 10.8. The van der Waals surface area contributed by atoms with Crippen LogP contribution in [0.4, 0.5) is 0 Å². The van der Waals surface area contributed by atoms with E-state index >= 15 is 0 Å². The average Bonchev–Trinajstić information content (AvgIpc) is 3.09. The van der Waals surface area contributed by atoms with Crippen molar-refractivity contribution >= 4 is 22.6 Å². The Balaban J connectivity index is 1.81. The van der Waals surface area contributed by atoms with Crippen LogP contribution in [-0.4, -0.2) is 30.7 Å². The van der Waals surface area contributed by atoms with E-state index in [0.717, 1.165) is 17.5 Å². The minimum atomic E-state index is -0.324. The van der Waals surface area contributed by atoms with Gasteiger partial charge in [0.1, 0.15) is 0 Å². The number of aromatic nitrogens is 4. The van der Waals surface area contributed by atoms with Crippen LogP contribution in [0.2, 0.25) is 0 Å². The molecule has 0 saturated heterocycles. The van der Waals surface area contributed by atoms with Crippen molar-refractivity contribution in [2.75, 3.05) is 0 Å². The molecule has 2 aromatic carbocycles. The molecule has 8 heteroatoms. The van der Waals surface area contributed by atoms with Gasteiger partial charge in [0.05, 0.1) is 17.4 Å². The van der Waals surface area contributed by atoms with Crippen LogP contribution in [-0.2, 0) is 17.9 Å². The molecule has 0 aliphatic heterocycles. The molecule has 1 atom stereocenters. The van der Waals surface area contributed by atoms with Crippen molar-refractivity contribution in [3.05, 3.63) is 80.5 Å². The lowest BCUT2D eigenvalue weighted by molar-refractivity contribution is -0.121. The third-order valence-corrected chi connectivity index (χ3v) is 5.68. The molecule has 1 unspecified atom stereocenters. The first-order valence-corrected chi connectivity index (χ1v) is 10.8.